The molecule has 2 aromatic carbocycles. The van der Waals surface area contributed by atoms with Crippen LogP contribution in [0.4, 0.5) is 17.6 Å². The third-order valence-electron chi connectivity index (χ3n) is 4.57. The van der Waals surface area contributed by atoms with Gasteiger partial charge in [-0.15, -0.1) is 13.2 Å². The first-order valence-corrected chi connectivity index (χ1v) is 10.3. The van der Waals surface area contributed by atoms with Crippen LogP contribution in [-0.2, 0) is 6.42 Å². The highest BCUT2D eigenvalue weighted by atomic mass is 35.5. The SMILES string of the molecule is CCCc1cc(F)c(OCC(C)(C#N)NC(=O)c2ccc(OC(F)(F)F)cc2)c(Cl)c1B(O)O. The van der Waals surface area contributed by atoms with Crippen molar-refractivity contribution in [2.24, 2.45) is 0 Å². The third-order valence-corrected chi connectivity index (χ3v) is 4.94. The molecule has 0 bridgehead atoms. The fourth-order valence-electron chi connectivity index (χ4n) is 3.00. The molecule has 0 aromatic heterocycles. The minimum atomic E-state index is -4.89. The maximum Gasteiger partial charge on any atom is 0.573 e. The van der Waals surface area contributed by atoms with Gasteiger partial charge in [0, 0.05) is 11.0 Å². The van der Waals surface area contributed by atoms with Crippen LogP contribution in [0.25, 0.3) is 0 Å². The molecule has 7 nitrogen and oxygen atoms in total. The Kier molecular flexibility index (Phi) is 8.77. The summed E-state index contributed by atoms with van der Waals surface area (Å²) in [5.74, 6) is -2.78. The molecule has 1 atom stereocenters. The van der Waals surface area contributed by atoms with E-state index in [9.17, 15) is 37.7 Å². The Morgan fingerprint density at radius 2 is 1.88 bits per heavy atom. The number of carbonyl (C=O) groups excluding carboxylic acids is 1. The number of rotatable bonds is 9. The molecule has 0 radical (unpaired) electrons. The van der Waals surface area contributed by atoms with E-state index in [1.165, 1.54) is 6.92 Å². The summed E-state index contributed by atoms with van der Waals surface area (Å²) in [5.41, 5.74) is -1.64. The molecular formula is C21H20BClF4N2O5. The van der Waals surface area contributed by atoms with Gasteiger partial charge in [0.2, 0.25) is 0 Å². The Balaban J connectivity index is 2.19. The van der Waals surface area contributed by atoms with Crippen molar-refractivity contribution in [2.45, 2.75) is 38.6 Å². The predicted octanol–water partition coefficient (Wildman–Crippen LogP) is 3.10. The standard InChI is InChI=1S/C21H20BClF4N2O5/c1-3-4-13-9-15(24)18(17(23)16(13)22(31)32)33-11-20(2,10-28)29-19(30)12-5-7-14(8-6-12)34-21(25,26)27/h5-9,31-32H,3-4,11H2,1-2H3,(H,29,30). The Bertz CT molecular complexity index is 1080. The number of alkyl halides is 3. The monoisotopic (exact) mass is 502 g/mol. The summed E-state index contributed by atoms with van der Waals surface area (Å²) in [5, 5.41) is 30.8. The Hall–Kier alpha value is -3.01. The second-order valence-electron chi connectivity index (χ2n) is 7.46. The number of halogens is 5. The van der Waals surface area contributed by atoms with Crippen molar-refractivity contribution in [1.82, 2.24) is 5.32 Å². The first-order chi connectivity index (χ1) is 15.8. The molecule has 0 aliphatic heterocycles. The van der Waals surface area contributed by atoms with Crippen molar-refractivity contribution in [3.63, 3.8) is 0 Å². The van der Waals surface area contributed by atoms with Crippen LogP contribution in [0.2, 0.25) is 5.02 Å². The number of nitrogens with one attached hydrogen (secondary N) is 1. The first kappa shape index (κ1) is 27.2. The fraction of sp³-hybridized carbons (Fsp3) is 0.333. The molecule has 0 fully saturated rings. The molecule has 13 heteroatoms. The van der Waals surface area contributed by atoms with Crippen LogP contribution in [0.15, 0.2) is 30.3 Å². The number of hydrogen-bond acceptors (Lipinski definition) is 6. The van der Waals surface area contributed by atoms with Crippen LogP contribution in [0.1, 0.15) is 36.2 Å². The number of nitriles is 1. The second kappa shape index (κ2) is 10.9. The zero-order chi connectivity index (χ0) is 25.7. The largest absolute Gasteiger partial charge is 0.573 e. The summed E-state index contributed by atoms with van der Waals surface area (Å²) < 4.78 is 60.5. The normalized spacial score (nSPS) is 12.9. The Labute approximate surface area is 198 Å². The third kappa shape index (κ3) is 7.00. The van der Waals surface area contributed by atoms with E-state index in [1.54, 1.807) is 6.07 Å². The molecule has 1 unspecified atom stereocenters. The van der Waals surface area contributed by atoms with Gasteiger partial charge in [0.05, 0.1) is 11.1 Å². The van der Waals surface area contributed by atoms with Crippen molar-refractivity contribution < 1.29 is 41.9 Å². The van der Waals surface area contributed by atoms with Crippen molar-refractivity contribution in [1.29, 1.82) is 5.26 Å². The Morgan fingerprint density at radius 3 is 2.38 bits per heavy atom. The highest BCUT2D eigenvalue weighted by molar-refractivity contribution is 6.63. The van der Waals surface area contributed by atoms with Gasteiger partial charge in [-0.3, -0.25) is 4.79 Å². The van der Waals surface area contributed by atoms with Gasteiger partial charge >= 0.3 is 13.5 Å². The lowest BCUT2D eigenvalue weighted by atomic mass is 9.75. The molecule has 2 rings (SSSR count). The van der Waals surface area contributed by atoms with E-state index in [0.717, 1.165) is 30.3 Å². The van der Waals surface area contributed by atoms with Crippen molar-refractivity contribution in [2.75, 3.05) is 6.61 Å². The maximum absolute atomic E-state index is 14.6. The average Bonchev–Trinajstić information content (AvgIpc) is 2.72. The lowest BCUT2D eigenvalue weighted by Crippen LogP contribution is -2.49. The number of aryl methyl sites for hydroxylation is 1. The molecule has 0 aliphatic carbocycles. The van der Waals surface area contributed by atoms with Gasteiger partial charge in [-0.25, -0.2) is 4.39 Å². The number of hydrogen-bond donors (Lipinski definition) is 3. The van der Waals surface area contributed by atoms with Gasteiger partial charge in [0.1, 0.15) is 12.4 Å². The van der Waals surface area contributed by atoms with Gasteiger partial charge in [-0.1, -0.05) is 24.9 Å². The minimum absolute atomic E-state index is 0.0742. The summed E-state index contributed by atoms with van der Waals surface area (Å²) in [4.78, 5) is 12.5. The van der Waals surface area contributed by atoms with E-state index in [-0.39, 0.29) is 21.6 Å². The van der Waals surface area contributed by atoms with E-state index in [4.69, 9.17) is 16.3 Å². The van der Waals surface area contributed by atoms with Crippen LogP contribution >= 0.6 is 11.6 Å². The number of benzene rings is 2. The lowest BCUT2D eigenvalue weighted by molar-refractivity contribution is -0.274. The minimum Gasteiger partial charge on any atom is -0.485 e. The van der Waals surface area contributed by atoms with Crippen molar-refractivity contribution >= 4 is 30.1 Å². The van der Waals surface area contributed by atoms with Gasteiger partial charge in [-0.2, -0.15) is 5.26 Å². The van der Waals surface area contributed by atoms with Gasteiger partial charge in [0.15, 0.2) is 17.1 Å². The van der Waals surface area contributed by atoms with E-state index in [0.29, 0.717) is 12.8 Å². The van der Waals surface area contributed by atoms with Crippen molar-refractivity contribution in [3.05, 3.63) is 52.3 Å². The first-order valence-electron chi connectivity index (χ1n) is 9.89. The molecule has 1 amide bonds. The van der Waals surface area contributed by atoms with E-state index < -0.39 is 48.8 Å². The molecule has 0 aliphatic rings. The quantitative estimate of drug-likeness (QED) is 0.359. The van der Waals surface area contributed by atoms with Gasteiger partial charge < -0.3 is 24.8 Å². The molecule has 0 saturated carbocycles. The molecule has 2 aromatic rings. The highest BCUT2D eigenvalue weighted by Gasteiger charge is 2.32. The number of nitrogens with zero attached hydrogens (tertiary/aromatic N) is 1. The van der Waals surface area contributed by atoms with Crippen LogP contribution < -0.4 is 20.3 Å². The number of ether oxygens (including phenoxy) is 2. The molecule has 0 heterocycles. The topological polar surface area (TPSA) is 112 Å². The summed E-state index contributed by atoms with van der Waals surface area (Å²) in [6.07, 6.45) is -3.99. The molecule has 3 N–H and O–H groups in total. The lowest BCUT2D eigenvalue weighted by Gasteiger charge is -2.25. The zero-order valence-electron chi connectivity index (χ0n) is 18.0. The molecular weight excluding hydrogens is 482 g/mol. The average molecular weight is 503 g/mol. The van der Waals surface area contributed by atoms with E-state index >= 15 is 0 Å². The highest BCUT2D eigenvalue weighted by Crippen LogP contribution is 2.29. The van der Waals surface area contributed by atoms with E-state index in [1.807, 2.05) is 6.92 Å². The Morgan fingerprint density at radius 1 is 1.26 bits per heavy atom. The summed E-state index contributed by atoms with van der Waals surface area (Å²) in [6.45, 7) is 2.49. The van der Waals surface area contributed by atoms with Crippen LogP contribution in [0, 0.1) is 17.1 Å². The fourth-order valence-corrected chi connectivity index (χ4v) is 3.36. The van der Waals surface area contributed by atoms with Gasteiger partial charge in [0.25, 0.3) is 5.91 Å². The molecule has 182 valence electrons. The zero-order valence-corrected chi connectivity index (χ0v) is 18.8. The summed E-state index contributed by atoms with van der Waals surface area (Å²) in [7, 11) is -2.00. The predicted molar refractivity (Wildman–Crippen MR) is 115 cm³/mol. The maximum atomic E-state index is 14.6. The smallest absolute Gasteiger partial charge is 0.485 e. The number of carbonyl (C=O) groups is 1. The van der Waals surface area contributed by atoms with Crippen molar-refractivity contribution in [3.8, 4) is 17.6 Å². The molecule has 0 spiro atoms. The molecule has 0 saturated heterocycles. The van der Waals surface area contributed by atoms with Crippen LogP contribution in [0.5, 0.6) is 11.5 Å². The summed E-state index contributed by atoms with van der Waals surface area (Å²) >= 11 is 6.14. The summed E-state index contributed by atoms with van der Waals surface area (Å²) in [6, 6.07) is 6.83. The molecule has 34 heavy (non-hydrogen) atoms. The van der Waals surface area contributed by atoms with Crippen LogP contribution in [-0.4, -0.2) is 41.6 Å². The van der Waals surface area contributed by atoms with Crippen LogP contribution in [0.3, 0.4) is 0 Å². The second-order valence-corrected chi connectivity index (χ2v) is 7.83. The van der Waals surface area contributed by atoms with E-state index in [2.05, 4.69) is 10.1 Å². The number of amides is 1. The van der Waals surface area contributed by atoms with Gasteiger partial charge in [-0.05, 0) is 49.2 Å².